The van der Waals surface area contributed by atoms with E-state index >= 15 is 0 Å². The molecule has 2 rings (SSSR count). The van der Waals surface area contributed by atoms with Gasteiger partial charge in [-0.25, -0.2) is 0 Å². The van der Waals surface area contributed by atoms with Crippen LogP contribution in [-0.4, -0.2) is 23.8 Å². The highest BCUT2D eigenvalue weighted by Crippen LogP contribution is 2.51. The Morgan fingerprint density at radius 1 is 1.33 bits per heavy atom. The van der Waals surface area contributed by atoms with E-state index in [9.17, 15) is 0 Å². The number of hydrogen-bond acceptors (Lipinski definition) is 2. The fourth-order valence-electron chi connectivity index (χ4n) is 3.75. The lowest BCUT2D eigenvalue weighted by Crippen LogP contribution is -2.42. The molecule has 104 valence electrons. The molecule has 0 N–H and O–H groups in total. The minimum atomic E-state index is 0.00602. The highest BCUT2D eigenvalue weighted by atomic mass is 16.7. The highest BCUT2D eigenvalue weighted by Gasteiger charge is 2.52. The summed E-state index contributed by atoms with van der Waals surface area (Å²) in [5.41, 5.74) is 1.91. The zero-order valence-electron chi connectivity index (χ0n) is 12.9. The summed E-state index contributed by atoms with van der Waals surface area (Å²) in [6.07, 6.45) is 7.52. The van der Waals surface area contributed by atoms with E-state index < -0.39 is 0 Å². The Bertz CT molecular complexity index is 343. The maximum absolute atomic E-state index is 6.03. The topological polar surface area (TPSA) is 12.5 Å². The van der Waals surface area contributed by atoms with Crippen LogP contribution in [0.5, 0.6) is 0 Å². The Balaban J connectivity index is 2.11. The minimum Gasteiger partial charge on any atom is -0.293 e. The van der Waals surface area contributed by atoms with Gasteiger partial charge in [0, 0.05) is 19.0 Å². The second-order valence-electron chi connectivity index (χ2n) is 7.45. The van der Waals surface area contributed by atoms with E-state index in [2.05, 4.69) is 52.8 Å². The molecule has 0 aromatic heterocycles. The Kier molecular flexibility index (Phi) is 3.63. The van der Waals surface area contributed by atoms with Gasteiger partial charge in [-0.1, -0.05) is 18.6 Å². The average Bonchev–Trinajstić information content (AvgIpc) is 2.46. The summed E-state index contributed by atoms with van der Waals surface area (Å²) in [4.78, 5) is 6.03. The lowest BCUT2D eigenvalue weighted by atomic mass is 9.63. The van der Waals surface area contributed by atoms with Crippen LogP contribution in [0, 0.1) is 11.3 Å². The van der Waals surface area contributed by atoms with Crippen LogP contribution in [0.25, 0.3) is 0 Å². The van der Waals surface area contributed by atoms with Crippen LogP contribution < -0.4 is 0 Å². The van der Waals surface area contributed by atoms with E-state index in [0.29, 0.717) is 17.4 Å². The molecule has 2 aliphatic rings. The Morgan fingerprint density at radius 3 is 2.61 bits per heavy atom. The lowest BCUT2D eigenvalue weighted by molar-refractivity contribution is -0.178. The first kappa shape index (κ1) is 14.1. The highest BCUT2D eigenvalue weighted by molar-refractivity contribution is 5.04. The molecule has 3 atom stereocenters. The first-order valence-electron chi connectivity index (χ1n) is 7.29. The molecule has 0 spiro atoms. The second kappa shape index (κ2) is 4.64. The summed E-state index contributed by atoms with van der Waals surface area (Å²) in [6.45, 7) is 11.4. The molecule has 18 heavy (non-hydrogen) atoms. The predicted octanol–water partition coefficient (Wildman–Crippen LogP) is 4.17. The van der Waals surface area contributed by atoms with E-state index in [0.717, 1.165) is 0 Å². The van der Waals surface area contributed by atoms with Gasteiger partial charge in [-0.2, -0.15) is 5.06 Å². The third-order valence-corrected chi connectivity index (χ3v) is 4.96. The molecule has 2 nitrogen and oxygen atoms in total. The third-order valence-electron chi connectivity index (χ3n) is 4.96. The molecule has 1 heterocycles. The molecule has 2 heteroatoms. The molecule has 0 radical (unpaired) electrons. The fourth-order valence-corrected chi connectivity index (χ4v) is 3.75. The summed E-state index contributed by atoms with van der Waals surface area (Å²) in [7, 11) is 2.10. The van der Waals surface area contributed by atoms with Gasteiger partial charge in [-0.05, 0) is 58.8 Å². The van der Waals surface area contributed by atoms with Crippen molar-refractivity contribution in [2.24, 2.45) is 11.3 Å². The van der Waals surface area contributed by atoms with Crippen LogP contribution in [0.4, 0.5) is 0 Å². The molecule has 1 aliphatic heterocycles. The summed E-state index contributed by atoms with van der Waals surface area (Å²) in [5.74, 6) is 0.673. The predicted molar refractivity (Wildman–Crippen MR) is 76.2 cm³/mol. The van der Waals surface area contributed by atoms with Crippen molar-refractivity contribution in [2.45, 2.75) is 71.9 Å². The van der Waals surface area contributed by atoms with Gasteiger partial charge in [0.1, 0.15) is 0 Å². The largest absolute Gasteiger partial charge is 0.293 e. The number of nitrogens with zero attached hydrogens (tertiary/aromatic N) is 1. The van der Waals surface area contributed by atoms with Gasteiger partial charge in [0.05, 0.1) is 5.60 Å². The van der Waals surface area contributed by atoms with Crippen LogP contribution in [-0.2, 0) is 4.84 Å². The average molecular weight is 251 g/mol. The number of allylic oxidation sites excluding steroid dienone is 2. The van der Waals surface area contributed by atoms with E-state index in [1.165, 1.54) is 31.3 Å². The number of hydrogen-bond donors (Lipinski definition) is 0. The molecule has 0 aromatic rings. The number of rotatable bonds is 2. The molecule has 1 saturated heterocycles. The summed E-state index contributed by atoms with van der Waals surface area (Å²) in [6, 6.07) is 0.625. The van der Waals surface area contributed by atoms with Crippen molar-refractivity contribution in [2.75, 3.05) is 7.05 Å². The Hall–Kier alpha value is -0.340. The van der Waals surface area contributed by atoms with E-state index in [-0.39, 0.29) is 5.60 Å². The normalized spacial score (nSPS) is 39.4. The first-order valence-corrected chi connectivity index (χ1v) is 7.29. The van der Waals surface area contributed by atoms with Crippen LogP contribution in [0.3, 0.4) is 0 Å². The molecule has 0 aromatic carbocycles. The van der Waals surface area contributed by atoms with Gasteiger partial charge in [0.15, 0.2) is 0 Å². The fraction of sp³-hybridized carbons (Fsp3) is 0.875. The van der Waals surface area contributed by atoms with Gasteiger partial charge < -0.3 is 0 Å². The van der Waals surface area contributed by atoms with Gasteiger partial charge in [0.2, 0.25) is 0 Å². The zero-order valence-corrected chi connectivity index (χ0v) is 12.9. The maximum Gasteiger partial charge on any atom is 0.0887 e. The van der Waals surface area contributed by atoms with Gasteiger partial charge >= 0.3 is 0 Å². The second-order valence-corrected chi connectivity index (χ2v) is 7.45. The molecule has 0 bridgehead atoms. The van der Waals surface area contributed by atoms with Crippen LogP contribution >= 0.6 is 0 Å². The zero-order chi connectivity index (χ0) is 13.6. The van der Waals surface area contributed by atoms with E-state index in [4.69, 9.17) is 4.84 Å². The van der Waals surface area contributed by atoms with Crippen molar-refractivity contribution < 1.29 is 4.84 Å². The van der Waals surface area contributed by atoms with Crippen molar-refractivity contribution in [3.63, 3.8) is 0 Å². The molecular formula is C16H29NO. The Morgan fingerprint density at radius 2 is 2.00 bits per heavy atom. The van der Waals surface area contributed by atoms with Gasteiger partial charge in [-0.15, -0.1) is 0 Å². The van der Waals surface area contributed by atoms with Crippen molar-refractivity contribution in [3.05, 3.63) is 11.6 Å². The van der Waals surface area contributed by atoms with Crippen molar-refractivity contribution >= 4 is 0 Å². The van der Waals surface area contributed by atoms with Crippen molar-refractivity contribution in [1.29, 1.82) is 0 Å². The molecule has 2 fully saturated rings. The minimum absolute atomic E-state index is 0.00602. The van der Waals surface area contributed by atoms with Crippen LogP contribution in [0.15, 0.2) is 11.6 Å². The molecule has 0 unspecified atom stereocenters. The number of hydroxylamine groups is 2. The Labute approximate surface area is 112 Å². The first-order chi connectivity index (χ1) is 8.23. The van der Waals surface area contributed by atoms with Gasteiger partial charge in [0.25, 0.3) is 0 Å². The standard InChI is InChI=1S/C16H29NO/c1-12(2)7-9-16(5)10-8-14-13(11-16)15(3,4)18-17(14)6/h7,13-14H,8-11H2,1-6H3/t13-,14-,16-/m1/s1. The van der Waals surface area contributed by atoms with Gasteiger partial charge in [-0.3, -0.25) is 4.84 Å². The van der Waals surface area contributed by atoms with E-state index in [1.807, 2.05) is 0 Å². The van der Waals surface area contributed by atoms with Crippen molar-refractivity contribution in [3.8, 4) is 0 Å². The van der Waals surface area contributed by atoms with Crippen LogP contribution in [0.1, 0.15) is 60.3 Å². The molecule has 0 amide bonds. The summed E-state index contributed by atoms with van der Waals surface area (Å²) >= 11 is 0. The smallest absolute Gasteiger partial charge is 0.0887 e. The lowest BCUT2D eigenvalue weighted by Gasteiger charge is -2.42. The molecular weight excluding hydrogens is 222 g/mol. The molecule has 1 aliphatic carbocycles. The third kappa shape index (κ3) is 2.65. The van der Waals surface area contributed by atoms with E-state index in [1.54, 1.807) is 0 Å². The van der Waals surface area contributed by atoms with Crippen LogP contribution in [0.2, 0.25) is 0 Å². The maximum atomic E-state index is 6.03. The number of fused-ring (bicyclic) bond motifs is 1. The monoisotopic (exact) mass is 251 g/mol. The quantitative estimate of drug-likeness (QED) is 0.683. The summed E-state index contributed by atoms with van der Waals surface area (Å²) < 4.78 is 0. The van der Waals surface area contributed by atoms with Crippen molar-refractivity contribution in [1.82, 2.24) is 5.06 Å². The summed E-state index contributed by atoms with van der Waals surface area (Å²) in [5, 5.41) is 2.12. The molecule has 1 saturated carbocycles. The SMILES string of the molecule is CC(C)=CC[C@]1(C)CC[C@@H]2[C@@H](C1)C(C)(C)ON2C.